The number of aliphatic carboxylic acids is 1. The van der Waals surface area contributed by atoms with Crippen LogP contribution < -0.4 is 5.32 Å². The smallest absolute Gasteiger partial charge is 0.303 e. The minimum Gasteiger partial charge on any atom is -0.481 e. The molecular weight excluding hydrogens is 222 g/mol. The van der Waals surface area contributed by atoms with E-state index in [1.165, 1.54) is 12.4 Å². The number of hydrogen-bond acceptors (Lipinski definition) is 4. The van der Waals surface area contributed by atoms with Gasteiger partial charge < -0.3 is 5.11 Å². The second-order valence-corrected chi connectivity index (χ2v) is 3.10. The minimum atomic E-state index is -1.03. The molecule has 6 nitrogen and oxygen atoms in total. The highest BCUT2D eigenvalue weighted by molar-refractivity contribution is 6.30. The normalized spacial score (nSPS) is 9.67. The lowest BCUT2D eigenvalue weighted by Gasteiger charge is -2.01. The highest BCUT2D eigenvalue weighted by Crippen LogP contribution is 2.05. The summed E-state index contributed by atoms with van der Waals surface area (Å²) in [6.07, 6.45) is 2.34. The first kappa shape index (κ1) is 11.4. The van der Waals surface area contributed by atoms with Crippen molar-refractivity contribution in [2.24, 2.45) is 0 Å². The molecule has 0 radical (unpaired) electrons. The van der Waals surface area contributed by atoms with Gasteiger partial charge in [-0.2, -0.15) is 0 Å². The monoisotopic (exact) mass is 229 g/mol. The predicted molar refractivity (Wildman–Crippen MR) is 52.5 cm³/mol. The van der Waals surface area contributed by atoms with Crippen molar-refractivity contribution in [3.63, 3.8) is 0 Å². The van der Waals surface area contributed by atoms with Crippen LogP contribution in [0.2, 0.25) is 5.02 Å². The van der Waals surface area contributed by atoms with Crippen LogP contribution in [-0.4, -0.2) is 27.0 Å². The van der Waals surface area contributed by atoms with E-state index in [1.807, 2.05) is 0 Å². The SMILES string of the molecule is O=C(O)CCC(=O)Nc1ncc(Cl)cn1. The number of nitrogens with zero attached hydrogens (tertiary/aromatic N) is 2. The zero-order valence-electron chi connectivity index (χ0n) is 7.61. The Morgan fingerprint density at radius 2 is 1.93 bits per heavy atom. The van der Waals surface area contributed by atoms with Crippen molar-refractivity contribution < 1.29 is 14.7 Å². The summed E-state index contributed by atoms with van der Waals surface area (Å²) >= 11 is 5.54. The second-order valence-electron chi connectivity index (χ2n) is 2.67. The van der Waals surface area contributed by atoms with Crippen LogP contribution in [0.3, 0.4) is 0 Å². The van der Waals surface area contributed by atoms with Crippen molar-refractivity contribution in [2.45, 2.75) is 12.8 Å². The number of carboxylic acid groups (broad SMARTS) is 1. The van der Waals surface area contributed by atoms with E-state index >= 15 is 0 Å². The third-order valence-corrected chi connectivity index (χ3v) is 1.63. The van der Waals surface area contributed by atoms with Gasteiger partial charge in [-0.05, 0) is 0 Å². The standard InChI is InChI=1S/C8H8ClN3O3/c9-5-3-10-8(11-4-5)12-6(13)1-2-7(14)15/h3-4H,1-2H2,(H,14,15)(H,10,11,12,13). The van der Waals surface area contributed by atoms with Crippen molar-refractivity contribution in [1.82, 2.24) is 9.97 Å². The van der Waals surface area contributed by atoms with Gasteiger partial charge in [-0.3, -0.25) is 14.9 Å². The molecule has 0 saturated carbocycles. The molecule has 1 heterocycles. The van der Waals surface area contributed by atoms with Gasteiger partial charge in [-0.1, -0.05) is 11.6 Å². The van der Waals surface area contributed by atoms with Crippen LogP contribution in [0.15, 0.2) is 12.4 Å². The lowest BCUT2D eigenvalue weighted by molar-refractivity contribution is -0.138. The van der Waals surface area contributed by atoms with Gasteiger partial charge in [-0.25, -0.2) is 9.97 Å². The minimum absolute atomic E-state index is 0.106. The Morgan fingerprint density at radius 3 is 2.47 bits per heavy atom. The van der Waals surface area contributed by atoms with Gasteiger partial charge in [0.1, 0.15) is 0 Å². The fourth-order valence-electron chi connectivity index (χ4n) is 0.784. The summed E-state index contributed by atoms with van der Waals surface area (Å²) < 4.78 is 0. The maximum atomic E-state index is 11.1. The molecule has 15 heavy (non-hydrogen) atoms. The van der Waals surface area contributed by atoms with Crippen molar-refractivity contribution in [3.05, 3.63) is 17.4 Å². The van der Waals surface area contributed by atoms with E-state index in [1.54, 1.807) is 0 Å². The Labute approximate surface area is 90.3 Å². The molecule has 0 spiro atoms. The van der Waals surface area contributed by atoms with Crippen molar-refractivity contribution in [2.75, 3.05) is 5.32 Å². The molecule has 0 unspecified atom stereocenters. The lowest BCUT2D eigenvalue weighted by Crippen LogP contribution is -2.14. The number of nitrogens with one attached hydrogen (secondary N) is 1. The Balaban J connectivity index is 2.44. The van der Waals surface area contributed by atoms with Gasteiger partial charge in [0.25, 0.3) is 0 Å². The fourth-order valence-corrected chi connectivity index (χ4v) is 0.882. The van der Waals surface area contributed by atoms with Crippen LogP contribution in [0.25, 0.3) is 0 Å². The number of hydrogen-bond donors (Lipinski definition) is 2. The molecule has 80 valence electrons. The first-order valence-electron chi connectivity index (χ1n) is 4.07. The molecule has 0 atom stereocenters. The number of carboxylic acids is 1. The molecule has 1 rings (SSSR count). The zero-order valence-corrected chi connectivity index (χ0v) is 8.36. The molecule has 0 saturated heterocycles. The van der Waals surface area contributed by atoms with E-state index in [0.717, 1.165) is 0 Å². The largest absolute Gasteiger partial charge is 0.481 e. The van der Waals surface area contributed by atoms with E-state index in [0.29, 0.717) is 5.02 Å². The molecule has 0 aliphatic rings. The Hall–Kier alpha value is -1.69. The quantitative estimate of drug-likeness (QED) is 0.801. The summed E-state index contributed by atoms with van der Waals surface area (Å²) in [5, 5.41) is 11.0. The average molecular weight is 230 g/mol. The van der Waals surface area contributed by atoms with Crippen LogP contribution in [0.1, 0.15) is 12.8 Å². The first-order chi connectivity index (χ1) is 7.08. The number of amides is 1. The number of carbonyl (C=O) groups is 2. The van der Waals surface area contributed by atoms with Crippen LogP contribution >= 0.6 is 11.6 Å². The molecule has 0 bridgehead atoms. The Morgan fingerprint density at radius 1 is 1.33 bits per heavy atom. The topological polar surface area (TPSA) is 92.2 Å². The molecule has 2 N–H and O–H groups in total. The zero-order chi connectivity index (χ0) is 11.3. The Bertz CT molecular complexity index is 366. The summed E-state index contributed by atoms with van der Waals surface area (Å²) in [7, 11) is 0. The van der Waals surface area contributed by atoms with E-state index in [-0.39, 0.29) is 18.8 Å². The van der Waals surface area contributed by atoms with Gasteiger partial charge >= 0.3 is 5.97 Å². The Kier molecular flexibility index (Phi) is 3.99. The maximum Gasteiger partial charge on any atom is 0.303 e. The summed E-state index contributed by atoms with van der Waals surface area (Å²) in [5.74, 6) is -1.36. The molecule has 0 aliphatic heterocycles. The molecule has 0 fully saturated rings. The number of rotatable bonds is 4. The van der Waals surface area contributed by atoms with Crippen molar-refractivity contribution >= 4 is 29.4 Å². The second kappa shape index (κ2) is 5.26. The van der Waals surface area contributed by atoms with Crippen LogP contribution in [0, 0.1) is 0 Å². The van der Waals surface area contributed by atoms with Crippen LogP contribution in [0.4, 0.5) is 5.95 Å². The predicted octanol–water partition coefficient (Wildman–Crippen LogP) is 0.933. The highest BCUT2D eigenvalue weighted by Gasteiger charge is 2.06. The van der Waals surface area contributed by atoms with E-state index in [4.69, 9.17) is 16.7 Å². The van der Waals surface area contributed by atoms with Crippen LogP contribution in [-0.2, 0) is 9.59 Å². The third kappa shape index (κ3) is 4.37. The lowest BCUT2D eigenvalue weighted by atomic mass is 10.3. The van der Waals surface area contributed by atoms with Crippen molar-refractivity contribution in [3.8, 4) is 0 Å². The third-order valence-electron chi connectivity index (χ3n) is 1.44. The number of carbonyl (C=O) groups excluding carboxylic acids is 1. The molecular formula is C8H8ClN3O3. The maximum absolute atomic E-state index is 11.1. The fraction of sp³-hybridized carbons (Fsp3) is 0.250. The van der Waals surface area contributed by atoms with Gasteiger partial charge in [0.2, 0.25) is 11.9 Å². The van der Waals surface area contributed by atoms with E-state index < -0.39 is 11.9 Å². The first-order valence-corrected chi connectivity index (χ1v) is 4.45. The highest BCUT2D eigenvalue weighted by atomic mass is 35.5. The molecule has 0 aromatic carbocycles. The number of halogens is 1. The summed E-state index contributed by atoms with van der Waals surface area (Å²) in [5.41, 5.74) is 0. The molecule has 1 aromatic heterocycles. The number of aromatic nitrogens is 2. The molecule has 1 amide bonds. The molecule has 1 aromatic rings. The molecule has 0 aliphatic carbocycles. The average Bonchev–Trinajstić information content (AvgIpc) is 2.19. The molecule has 7 heteroatoms. The van der Waals surface area contributed by atoms with E-state index in [2.05, 4.69) is 15.3 Å². The van der Waals surface area contributed by atoms with Gasteiger partial charge in [0.15, 0.2) is 0 Å². The van der Waals surface area contributed by atoms with Gasteiger partial charge in [0, 0.05) is 6.42 Å². The van der Waals surface area contributed by atoms with Gasteiger partial charge in [-0.15, -0.1) is 0 Å². The summed E-state index contributed by atoms with van der Waals surface area (Å²) in [6.45, 7) is 0. The van der Waals surface area contributed by atoms with Crippen LogP contribution in [0.5, 0.6) is 0 Å². The van der Waals surface area contributed by atoms with Gasteiger partial charge in [0.05, 0.1) is 23.8 Å². The summed E-state index contributed by atoms with van der Waals surface area (Å²) in [4.78, 5) is 28.7. The van der Waals surface area contributed by atoms with Crippen molar-refractivity contribution in [1.29, 1.82) is 0 Å². The number of anilines is 1. The summed E-state index contributed by atoms with van der Waals surface area (Å²) in [6, 6.07) is 0. The van der Waals surface area contributed by atoms with E-state index in [9.17, 15) is 9.59 Å².